The Morgan fingerprint density at radius 2 is 1.79 bits per heavy atom. The van der Waals surface area contributed by atoms with Crippen LogP contribution in [-0.2, 0) is 12.0 Å². The van der Waals surface area contributed by atoms with Crippen molar-refractivity contribution in [2.24, 2.45) is 0 Å². The van der Waals surface area contributed by atoms with Gasteiger partial charge < -0.3 is 5.11 Å². The summed E-state index contributed by atoms with van der Waals surface area (Å²) in [6, 6.07) is 10.7. The van der Waals surface area contributed by atoms with Gasteiger partial charge in [0.15, 0.2) is 0 Å². The van der Waals surface area contributed by atoms with Gasteiger partial charge in [-0.3, -0.25) is 0 Å². The first-order valence-electron chi connectivity index (χ1n) is 6.37. The zero-order valence-corrected chi connectivity index (χ0v) is 10.4. The van der Waals surface area contributed by atoms with E-state index < -0.39 is 17.2 Å². The number of aliphatic hydroxyl groups is 1. The summed E-state index contributed by atoms with van der Waals surface area (Å²) in [4.78, 5) is 0. The predicted octanol–water partition coefficient (Wildman–Crippen LogP) is 3.54. The number of benzene rings is 2. The maximum atomic E-state index is 14.0. The fraction of sp³-hybridized carbons (Fsp3) is 0.250. The number of hydrogen-bond donors (Lipinski definition) is 1. The molecule has 0 amide bonds. The molecule has 0 aliphatic heterocycles. The quantitative estimate of drug-likeness (QED) is 0.831. The maximum absolute atomic E-state index is 14.0. The normalized spacial score (nSPS) is 22.1. The van der Waals surface area contributed by atoms with Crippen LogP contribution in [0.5, 0.6) is 0 Å². The first-order valence-corrected chi connectivity index (χ1v) is 6.37. The van der Waals surface area contributed by atoms with E-state index in [2.05, 4.69) is 0 Å². The smallest absolute Gasteiger partial charge is 0.129 e. The van der Waals surface area contributed by atoms with Crippen LogP contribution in [0.25, 0.3) is 0 Å². The zero-order valence-electron chi connectivity index (χ0n) is 10.4. The molecule has 0 saturated carbocycles. The number of hydrogen-bond acceptors (Lipinski definition) is 1. The summed E-state index contributed by atoms with van der Waals surface area (Å²) in [5.41, 5.74) is 0.284. The molecule has 1 atom stereocenters. The largest absolute Gasteiger partial charge is 0.380 e. The molecule has 1 aliphatic carbocycles. The van der Waals surface area contributed by atoms with E-state index >= 15 is 0 Å². The van der Waals surface area contributed by atoms with Crippen LogP contribution in [0, 0.1) is 11.6 Å². The van der Waals surface area contributed by atoms with Crippen molar-refractivity contribution in [1.29, 1.82) is 0 Å². The number of aryl methyl sites for hydroxylation is 1. The minimum Gasteiger partial charge on any atom is -0.380 e. The zero-order chi connectivity index (χ0) is 13.5. The molecule has 98 valence electrons. The molecule has 0 aromatic heterocycles. The molecular formula is C16H14F2O. The van der Waals surface area contributed by atoms with Gasteiger partial charge in [0, 0.05) is 5.56 Å². The fourth-order valence-electron chi connectivity index (χ4n) is 2.91. The minimum atomic E-state index is -1.43. The third-order valence-electron chi connectivity index (χ3n) is 3.82. The van der Waals surface area contributed by atoms with E-state index in [1.807, 2.05) is 18.2 Å². The molecule has 0 heterocycles. The van der Waals surface area contributed by atoms with Gasteiger partial charge in [0.1, 0.15) is 17.2 Å². The highest BCUT2D eigenvalue weighted by Gasteiger charge is 2.38. The average molecular weight is 260 g/mol. The maximum Gasteiger partial charge on any atom is 0.129 e. The van der Waals surface area contributed by atoms with Gasteiger partial charge in [-0.25, -0.2) is 8.78 Å². The summed E-state index contributed by atoms with van der Waals surface area (Å²) in [5.74, 6) is -1.10. The lowest BCUT2D eigenvalue weighted by Crippen LogP contribution is -2.33. The van der Waals surface area contributed by atoms with Gasteiger partial charge >= 0.3 is 0 Å². The van der Waals surface area contributed by atoms with Crippen LogP contribution < -0.4 is 0 Å². The van der Waals surface area contributed by atoms with Crippen molar-refractivity contribution in [2.75, 3.05) is 0 Å². The molecular weight excluding hydrogens is 246 g/mol. The van der Waals surface area contributed by atoms with Gasteiger partial charge in [0.25, 0.3) is 0 Å². The predicted molar refractivity (Wildman–Crippen MR) is 68.7 cm³/mol. The lowest BCUT2D eigenvalue weighted by Gasteiger charge is -2.35. The molecule has 0 saturated heterocycles. The van der Waals surface area contributed by atoms with Crippen molar-refractivity contribution < 1.29 is 13.9 Å². The highest BCUT2D eigenvalue weighted by Crippen LogP contribution is 2.41. The molecule has 2 aromatic rings. The molecule has 3 heteroatoms. The lowest BCUT2D eigenvalue weighted by atomic mass is 9.75. The van der Waals surface area contributed by atoms with Crippen LogP contribution in [0.4, 0.5) is 8.78 Å². The van der Waals surface area contributed by atoms with Crippen LogP contribution >= 0.6 is 0 Å². The van der Waals surface area contributed by atoms with Crippen LogP contribution in [0.15, 0.2) is 42.5 Å². The van der Waals surface area contributed by atoms with E-state index in [9.17, 15) is 13.9 Å². The van der Waals surface area contributed by atoms with Gasteiger partial charge in [-0.1, -0.05) is 24.3 Å². The van der Waals surface area contributed by atoms with Crippen molar-refractivity contribution in [3.63, 3.8) is 0 Å². The fourth-order valence-corrected chi connectivity index (χ4v) is 2.91. The van der Waals surface area contributed by atoms with E-state index in [0.717, 1.165) is 36.6 Å². The van der Waals surface area contributed by atoms with Gasteiger partial charge in [0.2, 0.25) is 0 Å². The van der Waals surface area contributed by atoms with Gasteiger partial charge in [-0.15, -0.1) is 0 Å². The number of halogens is 2. The summed E-state index contributed by atoms with van der Waals surface area (Å²) in [6.07, 6.45) is 2.02. The molecule has 2 aromatic carbocycles. The Hall–Kier alpha value is -1.74. The third-order valence-corrected chi connectivity index (χ3v) is 3.82. The Morgan fingerprint density at radius 1 is 1.00 bits per heavy atom. The van der Waals surface area contributed by atoms with Crippen LogP contribution in [0.3, 0.4) is 0 Å². The summed E-state index contributed by atoms with van der Waals surface area (Å²) in [7, 11) is 0. The van der Waals surface area contributed by atoms with E-state index in [0.29, 0.717) is 12.0 Å². The summed E-state index contributed by atoms with van der Waals surface area (Å²) in [6.45, 7) is 0. The minimum absolute atomic E-state index is 0.0275. The van der Waals surface area contributed by atoms with E-state index in [4.69, 9.17) is 0 Å². The van der Waals surface area contributed by atoms with Crippen LogP contribution in [-0.4, -0.2) is 5.11 Å². The molecule has 0 radical (unpaired) electrons. The second kappa shape index (κ2) is 4.42. The summed E-state index contributed by atoms with van der Waals surface area (Å²) < 4.78 is 27.3. The number of rotatable bonds is 1. The van der Waals surface area contributed by atoms with Crippen molar-refractivity contribution >= 4 is 0 Å². The van der Waals surface area contributed by atoms with Gasteiger partial charge in [-0.2, -0.15) is 0 Å². The van der Waals surface area contributed by atoms with E-state index in [-0.39, 0.29) is 5.56 Å². The molecule has 0 fully saturated rings. The van der Waals surface area contributed by atoms with Crippen LogP contribution in [0.2, 0.25) is 0 Å². The Balaban J connectivity index is 2.21. The topological polar surface area (TPSA) is 20.2 Å². The van der Waals surface area contributed by atoms with Crippen molar-refractivity contribution in [3.8, 4) is 0 Å². The molecule has 3 rings (SSSR count). The molecule has 1 aliphatic rings. The van der Waals surface area contributed by atoms with Gasteiger partial charge in [-0.05, 0) is 48.6 Å². The monoisotopic (exact) mass is 260 g/mol. The summed E-state index contributed by atoms with van der Waals surface area (Å²) in [5, 5.41) is 10.9. The molecule has 0 spiro atoms. The Morgan fingerprint density at radius 3 is 2.63 bits per heavy atom. The molecule has 0 bridgehead atoms. The SMILES string of the molecule is OC1(c2cc(F)ccc2F)CCCc2ccccc21. The highest BCUT2D eigenvalue weighted by atomic mass is 19.1. The third kappa shape index (κ3) is 1.94. The molecule has 1 unspecified atom stereocenters. The van der Waals surface area contributed by atoms with Crippen molar-refractivity contribution in [3.05, 3.63) is 70.8 Å². The van der Waals surface area contributed by atoms with Gasteiger partial charge in [0.05, 0.1) is 0 Å². The standard InChI is InChI=1S/C16H14F2O/c17-12-7-8-15(18)14(10-12)16(19)9-3-5-11-4-1-2-6-13(11)16/h1-2,4,6-8,10,19H,3,5,9H2. The van der Waals surface area contributed by atoms with E-state index in [1.165, 1.54) is 0 Å². The first-order chi connectivity index (χ1) is 9.11. The second-order valence-corrected chi connectivity index (χ2v) is 5.00. The Kier molecular flexibility index (Phi) is 2.86. The Labute approximate surface area is 110 Å². The van der Waals surface area contributed by atoms with Crippen molar-refractivity contribution in [1.82, 2.24) is 0 Å². The first kappa shape index (κ1) is 12.3. The van der Waals surface area contributed by atoms with E-state index in [1.54, 1.807) is 6.07 Å². The molecule has 1 N–H and O–H groups in total. The Bertz CT molecular complexity index is 624. The number of fused-ring (bicyclic) bond motifs is 1. The van der Waals surface area contributed by atoms with Crippen molar-refractivity contribution in [2.45, 2.75) is 24.9 Å². The van der Waals surface area contributed by atoms with Crippen LogP contribution in [0.1, 0.15) is 29.5 Å². The second-order valence-electron chi connectivity index (χ2n) is 5.00. The summed E-state index contributed by atoms with van der Waals surface area (Å²) >= 11 is 0. The molecule has 1 nitrogen and oxygen atoms in total. The average Bonchev–Trinajstić information content (AvgIpc) is 2.42. The highest BCUT2D eigenvalue weighted by molar-refractivity contribution is 5.43. The lowest BCUT2D eigenvalue weighted by molar-refractivity contribution is 0.0575. The molecule has 19 heavy (non-hydrogen) atoms.